The van der Waals surface area contributed by atoms with Gasteiger partial charge in [-0.3, -0.25) is 4.90 Å². The number of ether oxygens (including phenoxy) is 1. The summed E-state index contributed by atoms with van der Waals surface area (Å²) in [6, 6.07) is 17.1. The topological polar surface area (TPSA) is 24.5 Å². The monoisotopic (exact) mass is 282 g/mol. The summed E-state index contributed by atoms with van der Waals surface area (Å²) in [6.07, 6.45) is 0. The minimum atomic E-state index is 0.899. The highest BCUT2D eigenvalue weighted by Gasteiger charge is 2.10. The molecular weight excluding hydrogens is 260 g/mol. The first-order valence-corrected chi connectivity index (χ1v) is 7.51. The van der Waals surface area contributed by atoms with Crippen LogP contribution in [-0.2, 0) is 6.54 Å². The molecule has 21 heavy (non-hydrogen) atoms. The molecule has 0 saturated carbocycles. The minimum Gasteiger partial charge on any atom is -0.497 e. The van der Waals surface area contributed by atoms with E-state index in [1.165, 1.54) is 16.7 Å². The quantitative estimate of drug-likeness (QED) is 0.933. The lowest BCUT2D eigenvalue weighted by Gasteiger charge is -2.27. The van der Waals surface area contributed by atoms with Gasteiger partial charge in [-0.1, -0.05) is 30.3 Å². The van der Waals surface area contributed by atoms with E-state index in [1.54, 1.807) is 7.11 Å². The molecule has 3 heteroatoms. The lowest BCUT2D eigenvalue weighted by Crippen LogP contribution is -2.42. The van der Waals surface area contributed by atoms with E-state index in [1.807, 2.05) is 12.1 Å². The van der Waals surface area contributed by atoms with Crippen LogP contribution in [0.25, 0.3) is 11.1 Å². The average molecular weight is 282 g/mol. The third kappa shape index (κ3) is 3.63. The van der Waals surface area contributed by atoms with E-state index in [2.05, 4.69) is 46.6 Å². The Balaban J connectivity index is 1.75. The summed E-state index contributed by atoms with van der Waals surface area (Å²) in [4.78, 5) is 2.50. The van der Waals surface area contributed by atoms with Gasteiger partial charge < -0.3 is 10.1 Å². The van der Waals surface area contributed by atoms with Crippen molar-refractivity contribution in [2.45, 2.75) is 6.54 Å². The van der Waals surface area contributed by atoms with Crippen molar-refractivity contribution in [1.29, 1.82) is 0 Å². The molecule has 1 N–H and O–H groups in total. The van der Waals surface area contributed by atoms with Crippen molar-refractivity contribution in [2.24, 2.45) is 0 Å². The summed E-state index contributed by atoms with van der Waals surface area (Å²) in [5.41, 5.74) is 3.88. The van der Waals surface area contributed by atoms with Crippen LogP contribution in [0, 0.1) is 0 Å². The first-order valence-electron chi connectivity index (χ1n) is 7.51. The molecule has 0 amide bonds. The third-order valence-electron chi connectivity index (χ3n) is 3.97. The Morgan fingerprint density at radius 1 is 1.00 bits per heavy atom. The number of rotatable bonds is 4. The van der Waals surface area contributed by atoms with Crippen LogP contribution in [0.2, 0.25) is 0 Å². The fourth-order valence-electron chi connectivity index (χ4n) is 2.76. The van der Waals surface area contributed by atoms with Crippen molar-refractivity contribution in [2.75, 3.05) is 33.3 Å². The molecule has 1 fully saturated rings. The number of nitrogens with one attached hydrogen (secondary N) is 1. The zero-order valence-corrected chi connectivity index (χ0v) is 12.5. The van der Waals surface area contributed by atoms with Gasteiger partial charge in [0.15, 0.2) is 0 Å². The predicted molar refractivity (Wildman–Crippen MR) is 86.6 cm³/mol. The fourth-order valence-corrected chi connectivity index (χ4v) is 2.76. The van der Waals surface area contributed by atoms with Crippen molar-refractivity contribution in [1.82, 2.24) is 10.2 Å². The van der Waals surface area contributed by atoms with Crippen molar-refractivity contribution < 1.29 is 4.74 Å². The normalized spacial score (nSPS) is 15.9. The molecule has 3 rings (SSSR count). The molecule has 1 heterocycles. The molecule has 0 unspecified atom stereocenters. The maximum absolute atomic E-state index is 5.22. The fraction of sp³-hybridized carbons (Fsp3) is 0.333. The highest BCUT2D eigenvalue weighted by atomic mass is 16.5. The van der Waals surface area contributed by atoms with Gasteiger partial charge in [0.05, 0.1) is 7.11 Å². The SMILES string of the molecule is COc1ccc(-c2cccc(CN3CCNCC3)c2)cc1. The Bertz CT molecular complexity index is 574. The zero-order chi connectivity index (χ0) is 14.5. The molecule has 1 saturated heterocycles. The van der Waals surface area contributed by atoms with Crippen LogP contribution in [0.15, 0.2) is 48.5 Å². The zero-order valence-electron chi connectivity index (χ0n) is 12.5. The van der Waals surface area contributed by atoms with Gasteiger partial charge >= 0.3 is 0 Å². The van der Waals surface area contributed by atoms with Crippen molar-refractivity contribution >= 4 is 0 Å². The summed E-state index contributed by atoms with van der Waals surface area (Å²) in [5, 5.41) is 3.40. The molecule has 0 aliphatic carbocycles. The molecule has 0 aromatic heterocycles. The van der Waals surface area contributed by atoms with Crippen molar-refractivity contribution in [3.8, 4) is 16.9 Å². The van der Waals surface area contributed by atoms with E-state index < -0.39 is 0 Å². The molecule has 1 aliphatic rings. The van der Waals surface area contributed by atoms with Crippen molar-refractivity contribution in [3.05, 3.63) is 54.1 Å². The van der Waals surface area contributed by atoms with Crippen LogP contribution >= 0.6 is 0 Å². The Labute approximate surface area is 126 Å². The standard InChI is InChI=1S/C18H22N2O/c1-21-18-7-5-16(6-8-18)17-4-2-3-15(13-17)14-20-11-9-19-10-12-20/h2-8,13,19H,9-12,14H2,1H3. The number of hydrogen-bond donors (Lipinski definition) is 1. The molecule has 0 atom stereocenters. The summed E-state index contributed by atoms with van der Waals surface area (Å²) >= 11 is 0. The van der Waals surface area contributed by atoms with Gasteiger partial charge in [0.2, 0.25) is 0 Å². The predicted octanol–water partition coefficient (Wildman–Crippen LogP) is 2.77. The lowest BCUT2D eigenvalue weighted by atomic mass is 10.0. The maximum atomic E-state index is 5.22. The second-order valence-corrected chi connectivity index (χ2v) is 5.46. The second-order valence-electron chi connectivity index (χ2n) is 5.46. The Morgan fingerprint density at radius 3 is 2.48 bits per heavy atom. The number of hydrogen-bond acceptors (Lipinski definition) is 3. The van der Waals surface area contributed by atoms with Crippen LogP contribution in [-0.4, -0.2) is 38.2 Å². The van der Waals surface area contributed by atoms with Crippen LogP contribution < -0.4 is 10.1 Å². The molecule has 0 radical (unpaired) electrons. The maximum Gasteiger partial charge on any atom is 0.118 e. The van der Waals surface area contributed by atoms with E-state index >= 15 is 0 Å². The van der Waals surface area contributed by atoms with E-state index in [9.17, 15) is 0 Å². The van der Waals surface area contributed by atoms with Crippen LogP contribution in [0.3, 0.4) is 0 Å². The van der Waals surface area contributed by atoms with Gasteiger partial charge in [-0.05, 0) is 34.9 Å². The first-order chi connectivity index (χ1) is 10.3. The summed E-state index contributed by atoms with van der Waals surface area (Å²) in [7, 11) is 1.70. The number of piperazine rings is 1. The van der Waals surface area contributed by atoms with Crippen LogP contribution in [0.1, 0.15) is 5.56 Å². The Kier molecular flexibility index (Phi) is 4.53. The molecule has 110 valence electrons. The van der Waals surface area contributed by atoms with E-state index in [0.29, 0.717) is 0 Å². The largest absolute Gasteiger partial charge is 0.497 e. The average Bonchev–Trinajstić information content (AvgIpc) is 2.56. The minimum absolute atomic E-state index is 0.899. The van der Waals surface area contributed by atoms with E-state index in [4.69, 9.17) is 4.74 Å². The molecule has 0 bridgehead atoms. The highest BCUT2D eigenvalue weighted by Crippen LogP contribution is 2.23. The first kappa shape index (κ1) is 14.1. The summed E-state index contributed by atoms with van der Waals surface area (Å²) < 4.78 is 5.22. The Morgan fingerprint density at radius 2 is 1.76 bits per heavy atom. The molecule has 2 aromatic carbocycles. The van der Waals surface area contributed by atoms with Gasteiger partial charge in [-0.25, -0.2) is 0 Å². The lowest BCUT2D eigenvalue weighted by molar-refractivity contribution is 0.233. The van der Waals surface area contributed by atoms with Gasteiger partial charge in [0, 0.05) is 32.7 Å². The smallest absolute Gasteiger partial charge is 0.118 e. The molecule has 2 aromatic rings. The molecule has 3 nitrogen and oxygen atoms in total. The third-order valence-corrected chi connectivity index (χ3v) is 3.97. The molecular formula is C18H22N2O. The van der Waals surface area contributed by atoms with Crippen LogP contribution in [0.4, 0.5) is 0 Å². The summed E-state index contributed by atoms with van der Waals surface area (Å²) in [5.74, 6) is 0.899. The second kappa shape index (κ2) is 6.74. The highest BCUT2D eigenvalue weighted by molar-refractivity contribution is 5.64. The number of benzene rings is 2. The van der Waals surface area contributed by atoms with Gasteiger partial charge in [0.25, 0.3) is 0 Å². The number of nitrogens with zero attached hydrogens (tertiary/aromatic N) is 1. The molecule has 1 aliphatic heterocycles. The van der Waals surface area contributed by atoms with Crippen LogP contribution in [0.5, 0.6) is 5.75 Å². The van der Waals surface area contributed by atoms with Gasteiger partial charge in [-0.2, -0.15) is 0 Å². The number of methoxy groups -OCH3 is 1. The van der Waals surface area contributed by atoms with Gasteiger partial charge in [0.1, 0.15) is 5.75 Å². The Hall–Kier alpha value is -1.84. The van der Waals surface area contributed by atoms with E-state index in [0.717, 1.165) is 38.5 Å². The summed E-state index contributed by atoms with van der Waals surface area (Å²) in [6.45, 7) is 5.49. The van der Waals surface area contributed by atoms with E-state index in [-0.39, 0.29) is 0 Å². The molecule has 0 spiro atoms. The van der Waals surface area contributed by atoms with Crippen molar-refractivity contribution in [3.63, 3.8) is 0 Å². The van der Waals surface area contributed by atoms with Gasteiger partial charge in [-0.15, -0.1) is 0 Å².